The lowest BCUT2D eigenvalue weighted by Gasteiger charge is -2.22. The van der Waals surface area contributed by atoms with E-state index in [2.05, 4.69) is 44.4 Å². The van der Waals surface area contributed by atoms with E-state index in [-0.39, 0.29) is 0 Å². The van der Waals surface area contributed by atoms with Gasteiger partial charge >= 0.3 is 0 Å². The summed E-state index contributed by atoms with van der Waals surface area (Å²) in [5.41, 5.74) is 3.83. The quantitative estimate of drug-likeness (QED) is 0.347. The van der Waals surface area contributed by atoms with Crippen molar-refractivity contribution in [2.24, 2.45) is 0 Å². The molecule has 0 radical (unpaired) electrons. The van der Waals surface area contributed by atoms with Crippen molar-refractivity contribution >= 4 is 34.6 Å². The summed E-state index contributed by atoms with van der Waals surface area (Å²) in [4.78, 5) is 4.95. The maximum atomic E-state index is 6.52. The van der Waals surface area contributed by atoms with E-state index >= 15 is 0 Å². The number of fused-ring (bicyclic) bond motifs is 1. The number of aryl methyl sites for hydroxylation is 1. The molecule has 1 aromatic carbocycles. The summed E-state index contributed by atoms with van der Waals surface area (Å²) in [6.45, 7) is 8.77. The van der Waals surface area contributed by atoms with Crippen molar-refractivity contribution in [3.05, 3.63) is 40.5 Å². The van der Waals surface area contributed by atoms with Crippen molar-refractivity contribution in [1.29, 1.82) is 0 Å². The number of nitrogens with zero attached hydrogens (tertiary/aromatic N) is 3. The van der Waals surface area contributed by atoms with Gasteiger partial charge in [-0.25, -0.2) is 4.98 Å². The summed E-state index contributed by atoms with van der Waals surface area (Å²) in [5.74, 6) is 2.57. The summed E-state index contributed by atoms with van der Waals surface area (Å²) in [5, 5.41) is 12.7. The zero-order chi connectivity index (χ0) is 22.4. The lowest BCUT2D eigenvalue weighted by Crippen LogP contribution is -2.22. The van der Waals surface area contributed by atoms with E-state index in [1.54, 1.807) is 7.11 Å². The van der Waals surface area contributed by atoms with Gasteiger partial charge in [0.05, 0.1) is 23.5 Å². The minimum absolute atomic E-state index is 0.373. The van der Waals surface area contributed by atoms with Gasteiger partial charge in [-0.1, -0.05) is 52.1 Å². The van der Waals surface area contributed by atoms with E-state index < -0.39 is 0 Å². The number of benzene rings is 1. The number of aromatic nitrogens is 3. The van der Waals surface area contributed by atoms with Gasteiger partial charge in [0.15, 0.2) is 5.65 Å². The second-order valence-electron chi connectivity index (χ2n) is 7.82. The fourth-order valence-corrected chi connectivity index (χ4v) is 3.96. The minimum Gasteiger partial charge on any atom is -0.497 e. The van der Waals surface area contributed by atoms with Crippen molar-refractivity contribution < 1.29 is 4.74 Å². The predicted octanol–water partition coefficient (Wildman–Crippen LogP) is 6.64. The number of hydrogen-bond donors (Lipinski definition) is 2. The van der Waals surface area contributed by atoms with E-state index in [0.29, 0.717) is 11.1 Å². The molecule has 3 aromatic rings. The molecule has 7 heteroatoms. The molecule has 0 amide bonds. The molecule has 6 nitrogen and oxygen atoms in total. The Balaban J connectivity index is 2.15. The lowest BCUT2D eigenvalue weighted by atomic mass is 10.1. The van der Waals surface area contributed by atoms with Crippen molar-refractivity contribution in [3.63, 3.8) is 0 Å². The third kappa shape index (κ3) is 5.24. The highest BCUT2D eigenvalue weighted by Crippen LogP contribution is 2.33. The molecule has 0 atom stereocenters. The number of hydrogen-bond acceptors (Lipinski definition) is 5. The summed E-state index contributed by atoms with van der Waals surface area (Å²) < 4.78 is 7.27. The minimum atomic E-state index is 0.373. The topological polar surface area (TPSA) is 63.5 Å². The fourth-order valence-electron chi connectivity index (χ4n) is 3.74. The largest absolute Gasteiger partial charge is 0.497 e. The Bertz CT molecular complexity index is 1010. The molecule has 3 rings (SSSR count). The van der Waals surface area contributed by atoms with Crippen LogP contribution in [0.4, 0.5) is 17.3 Å². The van der Waals surface area contributed by atoms with Gasteiger partial charge < -0.3 is 15.4 Å². The van der Waals surface area contributed by atoms with E-state index in [1.165, 1.54) is 0 Å². The molecule has 0 fully saturated rings. The molecule has 2 aromatic heterocycles. The van der Waals surface area contributed by atoms with Crippen molar-refractivity contribution in [2.45, 2.75) is 72.3 Å². The van der Waals surface area contributed by atoms with Gasteiger partial charge in [0.25, 0.3) is 0 Å². The van der Waals surface area contributed by atoms with Crippen LogP contribution in [0.15, 0.2) is 24.3 Å². The molecule has 0 aliphatic heterocycles. The molecule has 0 saturated heterocycles. The van der Waals surface area contributed by atoms with Crippen LogP contribution in [0, 0.1) is 0 Å². The first kappa shape index (κ1) is 23.2. The first-order chi connectivity index (χ1) is 15.0. The van der Waals surface area contributed by atoms with Crippen LogP contribution in [0.1, 0.15) is 64.6 Å². The molecule has 0 aliphatic rings. The van der Waals surface area contributed by atoms with Crippen LogP contribution in [0.3, 0.4) is 0 Å². The van der Waals surface area contributed by atoms with E-state index in [0.717, 1.165) is 78.5 Å². The number of methoxy groups -OCH3 is 1. The van der Waals surface area contributed by atoms with Crippen LogP contribution < -0.4 is 15.4 Å². The summed E-state index contributed by atoms with van der Waals surface area (Å²) in [7, 11) is 1.64. The Morgan fingerprint density at radius 1 is 1.06 bits per heavy atom. The van der Waals surface area contributed by atoms with Gasteiger partial charge in [0.1, 0.15) is 17.4 Å². The predicted molar refractivity (Wildman–Crippen MR) is 130 cm³/mol. The fraction of sp³-hybridized carbons (Fsp3) is 0.500. The molecule has 168 valence electrons. The monoisotopic (exact) mass is 443 g/mol. The molecular formula is C24H34ClN5O. The summed E-state index contributed by atoms with van der Waals surface area (Å²) in [6, 6.07) is 8.09. The summed E-state index contributed by atoms with van der Waals surface area (Å²) >= 11 is 6.52. The van der Waals surface area contributed by atoms with Crippen molar-refractivity contribution in [3.8, 4) is 5.75 Å². The van der Waals surface area contributed by atoms with Crippen molar-refractivity contribution in [1.82, 2.24) is 14.6 Å². The van der Waals surface area contributed by atoms with E-state index in [9.17, 15) is 0 Å². The van der Waals surface area contributed by atoms with Crippen LogP contribution in [-0.2, 0) is 12.8 Å². The van der Waals surface area contributed by atoms with Gasteiger partial charge in [0, 0.05) is 23.7 Å². The molecule has 2 heterocycles. The van der Waals surface area contributed by atoms with Crippen LogP contribution in [0.5, 0.6) is 5.75 Å². The molecule has 0 unspecified atom stereocenters. The smallest absolute Gasteiger partial charge is 0.160 e. The molecule has 0 aliphatic carbocycles. The lowest BCUT2D eigenvalue weighted by molar-refractivity contribution is 0.415. The Morgan fingerprint density at radius 2 is 1.81 bits per heavy atom. The third-order valence-corrected chi connectivity index (χ3v) is 5.83. The Kier molecular flexibility index (Phi) is 8.02. The number of nitrogens with one attached hydrogen (secondary N) is 2. The third-order valence-electron chi connectivity index (χ3n) is 5.51. The first-order valence-corrected chi connectivity index (χ1v) is 11.7. The average molecular weight is 444 g/mol. The van der Waals surface area contributed by atoms with Crippen LogP contribution >= 0.6 is 11.6 Å². The SMILES string of the molecule is CCCc1cc2nc(Nc3ccc(OC)cc3Cl)c(CCC)c(NC(CC)CC)n2n1. The summed E-state index contributed by atoms with van der Waals surface area (Å²) in [6.07, 6.45) is 5.95. The average Bonchev–Trinajstić information content (AvgIpc) is 3.17. The Hall–Kier alpha value is -2.47. The first-order valence-electron chi connectivity index (χ1n) is 11.3. The van der Waals surface area contributed by atoms with Gasteiger partial charge in [0.2, 0.25) is 0 Å². The molecule has 0 bridgehead atoms. The maximum Gasteiger partial charge on any atom is 0.160 e. The van der Waals surface area contributed by atoms with Gasteiger partial charge in [-0.2, -0.15) is 9.61 Å². The van der Waals surface area contributed by atoms with E-state index in [4.69, 9.17) is 26.4 Å². The highest BCUT2D eigenvalue weighted by molar-refractivity contribution is 6.33. The zero-order valence-electron chi connectivity index (χ0n) is 19.3. The maximum absolute atomic E-state index is 6.52. The van der Waals surface area contributed by atoms with Crippen LogP contribution in [-0.4, -0.2) is 27.7 Å². The van der Waals surface area contributed by atoms with Gasteiger partial charge in [-0.05, 0) is 37.8 Å². The number of ether oxygens (including phenoxy) is 1. The zero-order valence-corrected chi connectivity index (χ0v) is 20.0. The van der Waals surface area contributed by atoms with E-state index in [1.807, 2.05) is 22.7 Å². The highest BCUT2D eigenvalue weighted by Gasteiger charge is 2.20. The normalized spacial score (nSPS) is 11.3. The molecule has 0 spiro atoms. The van der Waals surface area contributed by atoms with Gasteiger partial charge in [-0.3, -0.25) is 0 Å². The molecule has 31 heavy (non-hydrogen) atoms. The molecule has 2 N–H and O–H groups in total. The molecular weight excluding hydrogens is 410 g/mol. The Labute approximate surface area is 190 Å². The second kappa shape index (κ2) is 10.7. The second-order valence-corrected chi connectivity index (χ2v) is 8.23. The number of rotatable bonds is 11. The van der Waals surface area contributed by atoms with Crippen molar-refractivity contribution in [2.75, 3.05) is 17.7 Å². The van der Waals surface area contributed by atoms with Crippen LogP contribution in [0.2, 0.25) is 5.02 Å². The van der Waals surface area contributed by atoms with Gasteiger partial charge in [-0.15, -0.1) is 0 Å². The Morgan fingerprint density at radius 3 is 2.42 bits per heavy atom. The highest BCUT2D eigenvalue weighted by atomic mass is 35.5. The number of halogens is 1. The van der Waals surface area contributed by atoms with Crippen LogP contribution in [0.25, 0.3) is 5.65 Å². The number of anilines is 3. The molecule has 0 saturated carbocycles. The standard InChI is InChI=1S/C24H34ClN5O/c1-6-10-17-14-22-28-23(27-21-13-12-18(31-5)15-20(21)25)19(11-7-2)24(30(22)29-17)26-16(8-3)9-4/h12-16,26H,6-11H2,1-5H3,(H,27,28).